The first-order chi connectivity index (χ1) is 9.90. The smallest absolute Gasteiger partial charge is 0.0936 e. The Morgan fingerprint density at radius 2 is 2.20 bits per heavy atom. The molecule has 0 aromatic carbocycles. The number of pyridine rings is 1. The van der Waals surface area contributed by atoms with Crippen LogP contribution in [0.3, 0.4) is 0 Å². The molecule has 0 spiro atoms. The van der Waals surface area contributed by atoms with Crippen molar-refractivity contribution in [1.82, 2.24) is 9.88 Å². The summed E-state index contributed by atoms with van der Waals surface area (Å²) in [5, 5.41) is 3.56. The number of likely N-dealkylation sites (tertiary alicyclic amines) is 1. The lowest BCUT2D eigenvalue weighted by molar-refractivity contribution is -0.0986. The standard InChI is InChI=1S/C15H23N3O2/c1-2-14(10-16-5-1)17-13-3-6-18(7-4-13)11-15-12-19-8-9-20-15/h1-2,5,10,13,15,17H,3-4,6-9,11-12H2. The summed E-state index contributed by atoms with van der Waals surface area (Å²) in [5.74, 6) is 0. The van der Waals surface area contributed by atoms with Crippen LogP contribution in [-0.4, -0.2) is 61.5 Å². The third kappa shape index (κ3) is 3.91. The summed E-state index contributed by atoms with van der Waals surface area (Å²) >= 11 is 0. The number of ether oxygens (including phenoxy) is 2. The molecule has 1 aromatic rings. The topological polar surface area (TPSA) is 46.6 Å². The number of nitrogens with zero attached hydrogens (tertiary/aromatic N) is 2. The van der Waals surface area contributed by atoms with Gasteiger partial charge >= 0.3 is 0 Å². The van der Waals surface area contributed by atoms with Crippen molar-refractivity contribution in [3.63, 3.8) is 0 Å². The van der Waals surface area contributed by atoms with Gasteiger partial charge in [-0.3, -0.25) is 4.98 Å². The van der Waals surface area contributed by atoms with Crippen LogP contribution in [-0.2, 0) is 9.47 Å². The second kappa shape index (κ2) is 7.02. The van der Waals surface area contributed by atoms with Gasteiger partial charge in [0.25, 0.3) is 0 Å². The maximum absolute atomic E-state index is 5.71. The largest absolute Gasteiger partial charge is 0.381 e. The first-order valence-electron chi connectivity index (χ1n) is 7.48. The Bertz CT molecular complexity index is 387. The number of anilines is 1. The number of nitrogens with one attached hydrogen (secondary N) is 1. The second-order valence-electron chi connectivity index (χ2n) is 5.53. The highest BCUT2D eigenvalue weighted by atomic mass is 16.6. The molecule has 1 aromatic heterocycles. The molecule has 0 radical (unpaired) electrons. The molecule has 0 aliphatic carbocycles. The number of aromatic nitrogens is 1. The van der Waals surface area contributed by atoms with Gasteiger partial charge in [-0.2, -0.15) is 0 Å². The molecule has 5 nitrogen and oxygen atoms in total. The van der Waals surface area contributed by atoms with E-state index in [2.05, 4.69) is 21.3 Å². The van der Waals surface area contributed by atoms with Crippen LogP contribution in [0, 0.1) is 0 Å². The minimum absolute atomic E-state index is 0.256. The molecule has 2 aliphatic heterocycles. The summed E-state index contributed by atoms with van der Waals surface area (Å²) in [4.78, 5) is 6.63. The first-order valence-corrected chi connectivity index (χ1v) is 7.48. The van der Waals surface area contributed by atoms with Gasteiger partial charge < -0.3 is 19.7 Å². The molecule has 110 valence electrons. The van der Waals surface area contributed by atoms with E-state index in [4.69, 9.17) is 9.47 Å². The molecule has 0 amide bonds. The fourth-order valence-electron chi connectivity index (χ4n) is 2.87. The predicted molar refractivity (Wildman–Crippen MR) is 77.9 cm³/mol. The van der Waals surface area contributed by atoms with Crippen molar-refractivity contribution in [3.05, 3.63) is 24.5 Å². The molecule has 3 rings (SSSR count). The Labute approximate surface area is 120 Å². The Morgan fingerprint density at radius 3 is 2.90 bits per heavy atom. The zero-order valence-corrected chi connectivity index (χ0v) is 11.8. The van der Waals surface area contributed by atoms with E-state index < -0.39 is 0 Å². The third-order valence-electron chi connectivity index (χ3n) is 3.97. The third-order valence-corrected chi connectivity index (χ3v) is 3.97. The molecule has 2 fully saturated rings. The van der Waals surface area contributed by atoms with Gasteiger partial charge in [0.15, 0.2) is 0 Å². The molecule has 1 N–H and O–H groups in total. The fraction of sp³-hybridized carbons (Fsp3) is 0.667. The van der Waals surface area contributed by atoms with E-state index in [1.54, 1.807) is 6.20 Å². The maximum Gasteiger partial charge on any atom is 0.0936 e. The van der Waals surface area contributed by atoms with Crippen LogP contribution in [0.2, 0.25) is 0 Å². The van der Waals surface area contributed by atoms with Crippen LogP contribution in [0.4, 0.5) is 5.69 Å². The number of rotatable bonds is 4. The van der Waals surface area contributed by atoms with Crippen molar-refractivity contribution in [2.24, 2.45) is 0 Å². The van der Waals surface area contributed by atoms with Crippen LogP contribution in [0.15, 0.2) is 24.5 Å². The van der Waals surface area contributed by atoms with Crippen molar-refractivity contribution in [2.45, 2.75) is 25.0 Å². The summed E-state index contributed by atoms with van der Waals surface area (Å²) in [6, 6.07) is 4.60. The van der Waals surface area contributed by atoms with E-state index in [1.165, 1.54) is 12.8 Å². The molecule has 1 unspecified atom stereocenters. The van der Waals surface area contributed by atoms with Crippen LogP contribution in [0.25, 0.3) is 0 Å². The zero-order valence-electron chi connectivity index (χ0n) is 11.8. The van der Waals surface area contributed by atoms with E-state index in [1.807, 2.05) is 12.3 Å². The maximum atomic E-state index is 5.71. The lowest BCUT2D eigenvalue weighted by Crippen LogP contribution is -2.45. The Balaban J connectivity index is 1.40. The lowest BCUT2D eigenvalue weighted by atomic mass is 10.0. The predicted octanol–water partition coefficient (Wildman–Crippen LogP) is 1.37. The van der Waals surface area contributed by atoms with Gasteiger partial charge in [-0.1, -0.05) is 0 Å². The zero-order chi connectivity index (χ0) is 13.6. The van der Waals surface area contributed by atoms with Gasteiger partial charge in [-0.15, -0.1) is 0 Å². The van der Waals surface area contributed by atoms with Crippen LogP contribution in [0.1, 0.15) is 12.8 Å². The quantitative estimate of drug-likeness (QED) is 0.901. The summed E-state index contributed by atoms with van der Waals surface area (Å²) in [6.07, 6.45) is 6.29. The van der Waals surface area contributed by atoms with Gasteiger partial charge in [-0.05, 0) is 25.0 Å². The molecule has 0 saturated carbocycles. The molecule has 5 heteroatoms. The monoisotopic (exact) mass is 277 g/mol. The van der Waals surface area contributed by atoms with Crippen molar-refractivity contribution in [3.8, 4) is 0 Å². The molecule has 2 aliphatic rings. The average molecular weight is 277 g/mol. The highest BCUT2D eigenvalue weighted by Gasteiger charge is 2.23. The second-order valence-corrected chi connectivity index (χ2v) is 5.53. The van der Waals surface area contributed by atoms with Gasteiger partial charge in [0, 0.05) is 38.1 Å². The normalized spacial score (nSPS) is 25.5. The van der Waals surface area contributed by atoms with E-state index in [0.29, 0.717) is 6.04 Å². The highest BCUT2D eigenvalue weighted by molar-refractivity contribution is 5.40. The molecular weight excluding hydrogens is 254 g/mol. The summed E-state index contributed by atoms with van der Waals surface area (Å²) in [5.41, 5.74) is 1.12. The van der Waals surface area contributed by atoms with E-state index in [-0.39, 0.29) is 6.10 Å². The molecular formula is C15H23N3O2. The number of piperidine rings is 1. The van der Waals surface area contributed by atoms with Gasteiger partial charge in [-0.25, -0.2) is 0 Å². The summed E-state index contributed by atoms with van der Waals surface area (Å²) < 4.78 is 11.2. The lowest BCUT2D eigenvalue weighted by Gasteiger charge is -2.35. The first kappa shape index (κ1) is 13.8. The number of hydrogen-bond acceptors (Lipinski definition) is 5. The van der Waals surface area contributed by atoms with Crippen molar-refractivity contribution < 1.29 is 9.47 Å². The summed E-state index contributed by atoms with van der Waals surface area (Å²) in [6.45, 7) is 5.47. The van der Waals surface area contributed by atoms with Crippen molar-refractivity contribution in [2.75, 3.05) is 44.8 Å². The van der Waals surface area contributed by atoms with E-state index in [9.17, 15) is 0 Å². The number of hydrogen-bond donors (Lipinski definition) is 1. The summed E-state index contributed by atoms with van der Waals surface area (Å²) in [7, 11) is 0. The van der Waals surface area contributed by atoms with E-state index in [0.717, 1.165) is 45.1 Å². The molecule has 3 heterocycles. The van der Waals surface area contributed by atoms with Crippen LogP contribution >= 0.6 is 0 Å². The fourth-order valence-corrected chi connectivity index (χ4v) is 2.87. The molecule has 20 heavy (non-hydrogen) atoms. The minimum Gasteiger partial charge on any atom is -0.381 e. The van der Waals surface area contributed by atoms with Gasteiger partial charge in [0.1, 0.15) is 0 Å². The van der Waals surface area contributed by atoms with Crippen molar-refractivity contribution in [1.29, 1.82) is 0 Å². The molecule has 0 bridgehead atoms. The van der Waals surface area contributed by atoms with Gasteiger partial charge in [0.05, 0.1) is 31.6 Å². The Morgan fingerprint density at radius 1 is 1.30 bits per heavy atom. The Hall–Kier alpha value is -1.17. The molecule has 1 atom stereocenters. The molecule has 2 saturated heterocycles. The SMILES string of the molecule is c1cncc(NC2CCN(CC3COCCO3)CC2)c1. The van der Waals surface area contributed by atoms with Crippen LogP contribution in [0.5, 0.6) is 0 Å². The van der Waals surface area contributed by atoms with Crippen molar-refractivity contribution >= 4 is 5.69 Å². The Kier molecular flexibility index (Phi) is 4.84. The van der Waals surface area contributed by atoms with Crippen LogP contribution < -0.4 is 5.32 Å². The van der Waals surface area contributed by atoms with E-state index >= 15 is 0 Å². The van der Waals surface area contributed by atoms with Gasteiger partial charge in [0.2, 0.25) is 0 Å². The average Bonchev–Trinajstić information content (AvgIpc) is 2.51. The minimum atomic E-state index is 0.256. The highest BCUT2D eigenvalue weighted by Crippen LogP contribution is 2.16.